The van der Waals surface area contributed by atoms with Gasteiger partial charge in [-0.3, -0.25) is 9.59 Å². The number of methoxy groups -OCH3 is 1. The second-order valence-corrected chi connectivity index (χ2v) is 5.64. The van der Waals surface area contributed by atoms with Gasteiger partial charge in [0.2, 0.25) is 5.78 Å². The lowest BCUT2D eigenvalue weighted by molar-refractivity contribution is 0.100. The van der Waals surface area contributed by atoms with E-state index in [1.54, 1.807) is 19.1 Å². The van der Waals surface area contributed by atoms with Crippen LogP contribution < -0.4 is 4.74 Å². The van der Waals surface area contributed by atoms with Gasteiger partial charge >= 0.3 is 0 Å². The summed E-state index contributed by atoms with van der Waals surface area (Å²) in [5.74, 6) is -0.857. The van der Waals surface area contributed by atoms with E-state index >= 15 is 0 Å². The van der Waals surface area contributed by atoms with Gasteiger partial charge in [0.05, 0.1) is 23.8 Å². The predicted molar refractivity (Wildman–Crippen MR) is 93.1 cm³/mol. The summed E-state index contributed by atoms with van der Waals surface area (Å²) in [7, 11) is 1.45. The normalized spacial score (nSPS) is 10.5. The second kappa shape index (κ2) is 6.76. The highest BCUT2D eigenvalue weighted by atomic mass is 16.5. The third kappa shape index (κ3) is 3.04. The first kappa shape index (κ1) is 17.3. The van der Waals surface area contributed by atoms with Crippen LogP contribution in [0.4, 0.5) is 0 Å². The van der Waals surface area contributed by atoms with Crippen LogP contribution >= 0.6 is 0 Å². The van der Waals surface area contributed by atoms with E-state index in [1.165, 1.54) is 43.5 Å². The quantitative estimate of drug-likeness (QED) is 0.683. The topological polar surface area (TPSA) is 97.0 Å². The Hall–Kier alpha value is -3.54. The zero-order valence-electron chi connectivity index (χ0n) is 14.1. The lowest BCUT2D eigenvalue weighted by Crippen LogP contribution is -2.03. The number of furan rings is 1. The number of ether oxygens (including phenoxy) is 1. The molecule has 0 aliphatic carbocycles. The summed E-state index contributed by atoms with van der Waals surface area (Å²) in [6, 6.07) is 11.7. The molecule has 0 atom stereocenters. The fourth-order valence-electron chi connectivity index (χ4n) is 2.59. The summed E-state index contributed by atoms with van der Waals surface area (Å²) in [6.07, 6.45) is 0. The summed E-state index contributed by atoms with van der Waals surface area (Å²) in [5.41, 5.74) is 0.312. The van der Waals surface area contributed by atoms with E-state index in [4.69, 9.17) is 9.15 Å². The maximum Gasteiger partial charge on any atom is 0.231 e. The number of phenols is 2. The Labute approximate surface area is 149 Å². The van der Waals surface area contributed by atoms with Gasteiger partial charge in [0.25, 0.3) is 0 Å². The number of ketones is 2. The van der Waals surface area contributed by atoms with Crippen molar-refractivity contribution in [3.8, 4) is 17.2 Å². The Morgan fingerprint density at radius 3 is 2.23 bits per heavy atom. The van der Waals surface area contributed by atoms with Crippen molar-refractivity contribution in [3.63, 3.8) is 0 Å². The maximum absolute atomic E-state index is 12.6. The molecule has 6 nitrogen and oxygen atoms in total. The standard InChI is InChI=1S/C20H16O6/c1-11-15(19(23)13-5-3-4-6-16(13)21)10-18(26-11)20(24)14-8-7-12(25-2)9-17(14)22/h3-10,21-22H,1-2H3. The molecule has 2 aromatic carbocycles. The van der Waals surface area contributed by atoms with Gasteiger partial charge in [-0.05, 0) is 37.3 Å². The number of hydrogen-bond acceptors (Lipinski definition) is 6. The lowest BCUT2D eigenvalue weighted by Gasteiger charge is -2.04. The molecule has 0 fully saturated rings. The molecule has 1 aromatic heterocycles. The van der Waals surface area contributed by atoms with Gasteiger partial charge in [0.15, 0.2) is 11.5 Å². The highest BCUT2D eigenvalue weighted by Gasteiger charge is 2.24. The molecule has 0 amide bonds. The molecule has 26 heavy (non-hydrogen) atoms. The molecule has 6 heteroatoms. The number of benzene rings is 2. The number of rotatable bonds is 5. The van der Waals surface area contributed by atoms with Gasteiger partial charge in [-0.1, -0.05) is 12.1 Å². The van der Waals surface area contributed by atoms with Gasteiger partial charge in [0.1, 0.15) is 23.0 Å². The molecule has 132 valence electrons. The molecule has 0 aliphatic rings. The third-order valence-electron chi connectivity index (χ3n) is 3.98. The van der Waals surface area contributed by atoms with E-state index in [0.29, 0.717) is 5.75 Å². The minimum atomic E-state index is -0.565. The van der Waals surface area contributed by atoms with Gasteiger partial charge in [-0.15, -0.1) is 0 Å². The van der Waals surface area contributed by atoms with Crippen LogP contribution in [-0.4, -0.2) is 28.9 Å². The summed E-state index contributed by atoms with van der Waals surface area (Å²) >= 11 is 0. The Bertz CT molecular complexity index is 999. The van der Waals surface area contributed by atoms with Crippen LogP contribution in [0, 0.1) is 6.92 Å². The maximum atomic E-state index is 12.6. The van der Waals surface area contributed by atoms with Gasteiger partial charge in [-0.25, -0.2) is 0 Å². The van der Waals surface area contributed by atoms with Crippen LogP contribution in [0.15, 0.2) is 52.9 Å². The minimum Gasteiger partial charge on any atom is -0.507 e. The van der Waals surface area contributed by atoms with Crippen LogP contribution in [-0.2, 0) is 0 Å². The van der Waals surface area contributed by atoms with Crippen LogP contribution in [0.2, 0.25) is 0 Å². The molecule has 0 saturated carbocycles. The molecule has 0 radical (unpaired) electrons. The average Bonchev–Trinajstić information content (AvgIpc) is 3.02. The van der Waals surface area contributed by atoms with Crippen molar-refractivity contribution in [3.05, 3.63) is 76.7 Å². The SMILES string of the molecule is COc1ccc(C(=O)c2cc(C(=O)c3ccccc3O)c(C)o2)c(O)c1. The first-order chi connectivity index (χ1) is 12.4. The summed E-state index contributed by atoms with van der Waals surface area (Å²) in [4.78, 5) is 25.2. The summed E-state index contributed by atoms with van der Waals surface area (Å²) in [5, 5.41) is 19.9. The first-order valence-corrected chi connectivity index (χ1v) is 7.77. The Balaban J connectivity index is 1.97. The monoisotopic (exact) mass is 352 g/mol. The van der Waals surface area contributed by atoms with E-state index in [1.807, 2.05) is 0 Å². The number of carbonyl (C=O) groups excluding carboxylic acids is 2. The number of carbonyl (C=O) groups is 2. The van der Waals surface area contributed by atoms with E-state index in [0.717, 1.165) is 0 Å². The Morgan fingerprint density at radius 1 is 0.885 bits per heavy atom. The number of aromatic hydroxyl groups is 2. The van der Waals surface area contributed by atoms with Crippen LogP contribution in [0.3, 0.4) is 0 Å². The molecule has 3 rings (SSSR count). The van der Waals surface area contributed by atoms with E-state index in [-0.39, 0.29) is 39.7 Å². The zero-order chi connectivity index (χ0) is 18.8. The van der Waals surface area contributed by atoms with Crippen molar-refractivity contribution in [2.24, 2.45) is 0 Å². The lowest BCUT2D eigenvalue weighted by atomic mass is 10.0. The molecular formula is C20H16O6. The fraction of sp³-hybridized carbons (Fsp3) is 0.100. The van der Waals surface area contributed by atoms with Crippen LogP contribution in [0.1, 0.15) is 37.8 Å². The van der Waals surface area contributed by atoms with Gasteiger partial charge in [0, 0.05) is 6.07 Å². The average molecular weight is 352 g/mol. The molecule has 0 bridgehead atoms. The number of para-hydroxylation sites is 1. The first-order valence-electron chi connectivity index (χ1n) is 7.77. The molecule has 0 unspecified atom stereocenters. The molecule has 1 heterocycles. The molecule has 0 saturated heterocycles. The van der Waals surface area contributed by atoms with Crippen molar-refractivity contribution < 1.29 is 29.0 Å². The second-order valence-electron chi connectivity index (χ2n) is 5.64. The fourth-order valence-corrected chi connectivity index (χ4v) is 2.59. The zero-order valence-corrected chi connectivity index (χ0v) is 14.1. The van der Waals surface area contributed by atoms with E-state index < -0.39 is 11.6 Å². The third-order valence-corrected chi connectivity index (χ3v) is 3.98. The largest absolute Gasteiger partial charge is 0.507 e. The highest BCUT2D eigenvalue weighted by Crippen LogP contribution is 2.28. The van der Waals surface area contributed by atoms with E-state index in [2.05, 4.69) is 0 Å². The van der Waals surface area contributed by atoms with E-state index in [9.17, 15) is 19.8 Å². The van der Waals surface area contributed by atoms with Gasteiger partial charge in [-0.2, -0.15) is 0 Å². The van der Waals surface area contributed by atoms with Crippen molar-refractivity contribution in [1.82, 2.24) is 0 Å². The van der Waals surface area contributed by atoms with Crippen molar-refractivity contribution in [2.75, 3.05) is 7.11 Å². The number of phenolic OH excluding ortho intramolecular Hbond substituents is 2. The Kier molecular flexibility index (Phi) is 4.49. The van der Waals surface area contributed by atoms with Gasteiger partial charge < -0.3 is 19.4 Å². The smallest absolute Gasteiger partial charge is 0.231 e. The van der Waals surface area contributed by atoms with Crippen molar-refractivity contribution in [2.45, 2.75) is 6.92 Å². The number of hydrogen-bond donors (Lipinski definition) is 2. The minimum absolute atomic E-state index is 0.0288. The summed E-state index contributed by atoms with van der Waals surface area (Å²) in [6.45, 7) is 1.55. The number of aryl methyl sites for hydroxylation is 1. The molecule has 0 aliphatic heterocycles. The van der Waals surface area contributed by atoms with Crippen LogP contribution in [0.25, 0.3) is 0 Å². The molecule has 0 spiro atoms. The Morgan fingerprint density at radius 2 is 1.58 bits per heavy atom. The predicted octanol–water partition coefficient (Wildman–Crippen LogP) is 3.47. The molecule has 2 N–H and O–H groups in total. The molecule has 3 aromatic rings. The summed E-state index contributed by atoms with van der Waals surface area (Å²) < 4.78 is 10.4. The van der Waals surface area contributed by atoms with Crippen molar-refractivity contribution >= 4 is 11.6 Å². The highest BCUT2D eigenvalue weighted by molar-refractivity contribution is 6.14. The van der Waals surface area contributed by atoms with Crippen molar-refractivity contribution in [1.29, 1.82) is 0 Å². The van der Waals surface area contributed by atoms with Crippen LogP contribution in [0.5, 0.6) is 17.2 Å². The molecular weight excluding hydrogens is 336 g/mol.